The number of nitrogens with two attached hydrogens (primary N) is 1. The summed E-state index contributed by atoms with van der Waals surface area (Å²) in [5.41, 5.74) is 5.32. The first-order valence-corrected chi connectivity index (χ1v) is 6.14. The van der Waals surface area contributed by atoms with Gasteiger partial charge in [0, 0.05) is 13.0 Å². The van der Waals surface area contributed by atoms with Crippen molar-refractivity contribution in [3.05, 3.63) is 0 Å². The van der Waals surface area contributed by atoms with E-state index in [0.29, 0.717) is 32.0 Å². The van der Waals surface area contributed by atoms with Crippen LogP contribution in [0.4, 0.5) is 0 Å². The van der Waals surface area contributed by atoms with Crippen molar-refractivity contribution in [1.29, 1.82) is 0 Å². The Morgan fingerprint density at radius 2 is 2.06 bits per heavy atom. The number of hydrogen-bond donors (Lipinski definition) is 2. The maximum Gasteiger partial charge on any atom is 0.222 e. The number of carbonyl (C=O) groups excluding carboxylic acids is 1. The molecule has 4 heteroatoms. The van der Waals surface area contributed by atoms with Gasteiger partial charge < -0.3 is 15.8 Å². The van der Waals surface area contributed by atoms with E-state index in [1.807, 2.05) is 6.92 Å². The van der Waals surface area contributed by atoms with Crippen LogP contribution < -0.4 is 11.1 Å². The molecule has 0 heterocycles. The van der Waals surface area contributed by atoms with Crippen molar-refractivity contribution < 1.29 is 9.53 Å². The summed E-state index contributed by atoms with van der Waals surface area (Å²) in [5.74, 6) is 0.679. The number of amides is 1. The molecule has 0 bridgehead atoms. The quantitative estimate of drug-likeness (QED) is 0.587. The van der Waals surface area contributed by atoms with Crippen LogP contribution in [-0.4, -0.2) is 31.7 Å². The van der Waals surface area contributed by atoms with Crippen LogP contribution in [0.1, 0.15) is 40.0 Å². The van der Waals surface area contributed by atoms with Crippen molar-refractivity contribution in [3.63, 3.8) is 0 Å². The molecule has 0 aliphatic heterocycles. The molecule has 0 saturated carbocycles. The van der Waals surface area contributed by atoms with E-state index in [9.17, 15) is 4.79 Å². The van der Waals surface area contributed by atoms with Crippen LogP contribution in [0.2, 0.25) is 0 Å². The maximum atomic E-state index is 11.3. The second kappa shape index (κ2) is 9.60. The summed E-state index contributed by atoms with van der Waals surface area (Å²) < 4.78 is 5.54. The lowest BCUT2D eigenvalue weighted by Gasteiger charge is -2.14. The van der Waals surface area contributed by atoms with Gasteiger partial charge in [0.1, 0.15) is 0 Å². The molecule has 16 heavy (non-hydrogen) atoms. The molecule has 96 valence electrons. The van der Waals surface area contributed by atoms with Gasteiger partial charge in [0.25, 0.3) is 0 Å². The Balaban J connectivity index is 3.39. The summed E-state index contributed by atoms with van der Waals surface area (Å²) in [6.07, 6.45) is 2.54. The van der Waals surface area contributed by atoms with E-state index in [-0.39, 0.29) is 12.0 Å². The van der Waals surface area contributed by atoms with Gasteiger partial charge in [-0.25, -0.2) is 0 Å². The first-order chi connectivity index (χ1) is 7.56. The Bertz CT molecular complexity index is 184. The van der Waals surface area contributed by atoms with Gasteiger partial charge in [-0.1, -0.05) is 13.8 Å². The van der Waals surface area contributed by atoms with Crippen LogP contribution in [-0.2, 0) is 9.53 Å². The minimum Gasteiger partial charge on any atom is -0.378 e. The third kappa shape index (κ3) is 9.93. The lowest BCUT2D eigenvalue weighted by atomic mass is 10.1. The van der Waals surface area contributed by atoms with Crippen LogP contribution in [0.15, 0.2) is 0 Å². The standard InChI is InChI=1S/C12H26N2O2/c1-10(2)9-11(3)16-8-5-12(15)14-7-4-6-13/h10-11H,4-9,13H2,1-3H3,(H,14,15). The largest absolute Gasteiger partial charge is 0.378 e. The van der Waals surface area contributed by atoms with E-state index >= 15 is 0 Å². The predicted molar refractivity (Wildman–Crippen MR) is 66.2 cm³/mol. The summed E-state index contributed by atoms with van der Waals surface area (Å²) in [6.45, 7) is 8.16. The number of hydrogen-bond acceptors (Lipinski definition) is 3. The average Bonchev–Trinajstić information content (AvgIpc) is 2.17. The molecule has 0 aliphatic rings. The predicted octanol–water partition coefficient (Wildman–Crippen LogP) is 1.29. The van der Waals surface area contributed by atoms with E-state index in [1.165, 1.54) is 0 Å². The molecular formula is C12H26N2O2. The molecule has 1 atom stereocenters. The molecular weight excluding hydrogens is 204 g/mol. The fourth-order valence-corrected chi connectivity index (χ4v) is 1.50. The van der Waals surface area contributed by atoms with Gasteiger partial charge in [0.15, 0.2) is 0 Å². The van der Waals surface area contributed by atoms with Gasteiger partial charge in [0.2, 0.25) is 5.91 Å². The minimum atomic E-state index is 0.0465. The van der Waals surface area contributed by atoms with Crippen molar-refractivity contribution in [2.75, 3.05) is 19.7 Å². The lowest BCUT2D eigenvalue weighted by molar-refractivity contribution is -0.122. The zero-order valence-corrected chi connectivity index (χ0v) is 10.8. The van der Waals surface area contributed by atoms with Crippen LogP contribution in [0, 0.1) is 5.92 Å². The summed E-state index contributed by atoms with van der Waals surface area (Å²) in [7, 11) is 0. The molecule has 0 aromatic carbocycles. The molecule has 0 aromatic heterocycles. The SMILES string of the molecule is CC(C)CC(C)OCCC(=O)NCCCN. The van der Waals surface area contributed by atoms with E-state index in [2.05, 4.69) is 19.2 Å². The van der Waals surface area contributed by atoms with Gasteiger partial charge >= 0.3 is 0 Å². The summed E-state index contributed by atoms with van der Waals surface area (Å²) in [4.78, 5) is 11.3. The minimum absolute atomic E-state index is 0.0465. The van der Waals surface area contributed by atoms with Crippen LogP contribution in [0.5, 0.6) is 0 Å². The Morgan fingerprint density at radius 1 is 1.38 bits per heavy atom. The average molecular weight is 230 g/mol. The molecule has 1 amide bonds. The lowest BCUT2D eigenvalue weighted by Crippen LogP contribution is -2.27. The highest BCUT2D eigenvalue weighted by Gasteiger charge is 2.06. The normalized spacial score (nSPS) is 12.8. The van der Waals surface area contributed by atoms with E-state index in [4.69, 9.17) is 10.5 Å². The van der Waals surface area contributed by atoms with E-state index < -0.39 is 0 Å². The van der Waals surface area contributed by atoms with Crippen molar-refractivity contribution in [3.8, 4) is 0 Å². The van der Waals surface area contributed by atoms with Gasteiger partial charge in [0.05, 0.1) is 12.7 Å². The second-order valence-electron chi connectivity index (χ2n) is 4.55. The zero-order chi connectivity index (χ0) is 12.4. The molecule has 4 nitrogen and oxygen atoms in total. The smallest absolute Gasteiger partial charge is 0.222 e. The van der Waals surface area contributed by atoms with Crippen LogP contribution in [0.3, 0.4) is 0 Å². The second-order valence-corrected chi connectivity index (χ2v) is 4.55. The van der Waals surface area contributed by atoms with Crippen molar-refractivity contribution >= 4 is 5.91 Å². The highest BCUT2D eigenvalue weighted by atomic mass is 16.5. The third-order valence-corrected chi connectivity index (χ3v) is 2.24. The number of nitrogens with one attached hydrogen (secondary N) is 1. The Labute approximate surface area is 98.9 Å². The zero-order valence-electron chi connectivity index (χ0n) is 10.8. The van der Waals surface area contributed by atoms with Crippen molar-refractivity contribution in [2.45, 2.75) is 46.1 Å². The highest BCUT2D eigenvalue weighted by molar-refractivity contribution is 5.75. The number of carbonyl (C=O) groups is 1. The molecule has 0 radical (unpaired) electrons. The van der Waals surface area contributed by atoms with Gasteiger partial charge in [-0.2, -0.15) is 0 Å². The Morgan fingerprint density at radius 3 is 2.62 bits per heavy atom. The first-order valence-electron chi connectivity index (χ1n) is 6.14. The van der Waals surface area contributed by atoms with Crippen molar-refractivity contribution in [1.82, 2.24) is 5.32 Å². The summed E-state index contributed by atoms with van der Waals surface area (Å²) in [6, 6.07) is 0. The fraction of sp³-hybridized carbons (Fsp3) is 0.917. The highest BCUT2D eigenvalue weighted by Crippen LogP contribution is 2.07. The fourth-order valence-electron chi connectivity index (χ4n) is 1.50. The number of ether oxygens (including phenoxy) is 1. The Kier molecular flexibility index (Phi) is 9.24. The molecule has 0 rings (SSSR count). The molecule has 0 spiro atoms. The van der Waals surface area contributed by atoms with Gasteiger partial charge in [-0.05, 0) is 32.2 Å². The summed E-state index contributed by atoms with van der Waals surface area (Å²) >= 11 is 0. The molecule has 0 aromatic rings. The Hall–Kier alpha value is -0.610. The molecule has 3 N–H and O–H groups in total. The molecule has 0 saturated heterocycles. The maximum absolute atomic E-state index is 11.3. The van der Waals surface area contributed by atoms with Crippen LogP contribution >= 0.6 is 0 Å². The van der Waals surface area contributed by atoms with Crippen LogP contribution in [0.25, 0.3) is 0 Å². The van der Waals surface area contributed by atoms with Gasteiger partial charge in [-0.3, -0.25) is 4.79 Å². The van der Waals surface area contributed by atoms with Gasteiger partial charge in [-0.15, -0.1) is 0 Å². The third-order valence-electron chi connectivity index (χ3n) is 2.24. The first kappa shape index (κ1) is 15.4. The van der Waals surface area contributed by atoms with E-state index in [0.717, 1.165) is 12.8 Å². The molecule has 0 aliphatic carbocycles. The number of rotatable bonds is 9. The monoisotopic (exact) mass is 230 g/mol. The van der Waals surface area contributed by atoms with Crippen molar-refractivity contribution in [2.24, 2.45) is 11.7 Å². The topological polar surface area (TPSA) is 64.3 Å². The molecule has 1 unspecified atom stereocenters. The summed E-state index contributed by atoms with van der Waals surface area (Å²) in [5, 5.41) is 2.80. The molecule has 0 fully saturated rings. The van der Waals surface area contributed by atoms with E-state index in [1.54, 1.807) is 0 Å².